The summed E-state index contributed by atoms with van der Waals surface area (Å²) in [5.74, 6) is 1.56. The molecule has 3 aromatic carbocycles. The minimum absolute atomic E-state index is 0.116. The van der Waals surface area contributed by atoms with E-state index >= 15 is 0 Å². The van der Waals surface area contributed by atoms with Crippen LogP contribution in [-0.2, 0) is 17.8 Å². The molecule has 2 aliphatic rings. The highest BCUT2D eigenvalue weighted by Gasteiger charge is 2.36. The summed E-state index contributed by atoms with van der Waals surface area (Å²) in [7, 11) is 5.56. The van der Waals surface area contributed by atoms with Crippen LogP contribution in [0.25, 0.3) is 21.8 Å². The van der Waals surface area contributed by atoms with Gasteiger partial charge in [-0.05, 0) is 99.3 Å². The summed E-state index contributed by atoms with van der Waals surface area (Å²) in [5, 5.41) is 2.22. The van der Waals surface area contributed by atoms with Gasteiger partial charge in [-0.1, -0.05) is 30.3 Å². The number of ether oxygens (including phenoxy) is 3. The number of aromatic nitrogens is 2. The van der Waals surface area contributed by atoms with Crippen LogP contribution < -0.4 is 9.47 Å². The van der Waals surface area contributed by atoms with Gasteiger partial charge in [-0.15, -0.1) is 0 Å². The molecule has 1 amide bonds. The Labute approximate surface area is 269 Å². The van der Waals surface area contributed by atoms with Crippen molar-refractivity contribution in [1.82, 2.24) is 19.4 Å². The van der Waals surface area contributed by atoms with Crippen LogP contribution >= 0.6 is 0 Å². The van der Waals surface area contributed by atoms with E-state index in [1.165, 1.54) is 35.9 Å². The van der Waals surface area contributed by atoms with Gasteiger partial charge >= 0.3 is 6.09 Å². The Kier molecular flexibility index (Phi) is 9.59. The van der Waals surface area contributed by atoms with Gasteiger partial charge in [0.2, 0.25) is 0 Å². The van der Waals surface area contributed by atoms with E-state index < -0.39 is 12.1 Å². The van der Waals surface area contributed by atoms with E-state index in [2.05, 4.69) is 35.3 Å². The third kappa shape index (κ3) is 6.74. The number of H-pyrrole nitrogens is 1. The first kappa shape index (κ1) is 31.2. The molecule has 0 bridgehead atoms. The number of hydrogen-bond donors (Lipinski definition) is 1. The summed E-state index contributed by atoms with van der Waals surface area (Å²) in [6.45, 7) is 1.96. The van der Waals surface area contributed by atoms with Gasteiger partial charge in [0, 0.05) is 41.3 Å². The Hall–Kier alpha value is -4.76. The molecule has 7 rings (SSSR count). The lowest BCUT2D eigenvalue weighted by Crippen LogP contribution is -2.42. The van der Waals surface area contributed by atoms with Gasteiger partial charge < -0.3 is 24.1 Å². The van der Waals surface area contributed by atoms with Crippen LogP contribution in [0, 0.1) is 0 Å². The number of benzene rings is 3. The Morgan fingerprint density at radius 2 is 1.65 bits per heavy atom. The van der Waals surface area contributed by atoms with Crippen LogP contribution in [0.5, 0.6) is 11.5 Å². The standard InChI is InChI=1S/C22H22N2O4.C15H20N2O/c1-27-18-9-10-19-17(14-18)11-13-23(19)21(25)20-8-5-12-24(20)22(26)28-15-16-6-3-2-4-7-16;1-17-7-3-4-12(17)8-11-10-16-15-6-5-13(18-2)9-14(11)15/h2-4,6-7,9-11,13-14,20H,5,8,12,15H2,1H3;5-6,9-10,12,16H,3-4,7-8H2,1-2H3/t20-;12-/m00/s1. The van der Waals surface area contributed by atoms with Crippen LogP contribution in [0.15, 0.2) is 85.2 Å². The van der Waals surface area contributed by atoms with E-state index in [1.807, 2.05) is 60.7 Å². The average Bonchev–Trinajstić information content (AvgIpc) is 3.91. The summed E-state index contributed by atoms with van der Waals surface area (Å²) >= 11 is 0. The van der Waals surface area contributed by atoms with Crippen LogP contribution in [-0.4, -0.2) is 77.8 Å². The summed E-state index contributed by atoms with van der Waals surface area (Å²) < 4.78 is 17.6. The molecule has 2 fully saturated rings. The van der Waals surface area contributed by atoms with Crippen molar-refractivity contribution in [1.29, 1.82) is 0 Å². The van der Waals surface area contributed by atoms with Crippen molar-refractivity contribution in [2.24, 2.45) is 0 Å². The first-order valence-corrected chi connectivity index (χ1v) is 16.0. The molecule has 5 aromatic rings. The number of amides is 1. The van der Waals surface area contributed by atoms with Gasteiger partial charge in [-0.3, -0.25) is 14.3 Å². The van der Waals surface area contributed by atoms with Gasteiger partial charge in [0.15, 0.2) is 0 Å². The molecule has 240 valence electrons. The Bertz CT molecular complexity index is 1800. The maximum absolute atomic E-state index is 13.1. The molecule has 2 atom stereocenters. The third-order valence-electron chi connectivity index (χ3n) is 9.21. The maximum atomic E-state index is 13.1. The smallest absolute Gasteiger partial charge is 0.410 e. The molecule has 0 saturated carbocycles. The van der Waals surface area contributed by atoms with Crippen molar-refractivity contribution < 1.29 is 23.8 Å². The van der Waals surface area contributed by atoms with Crippen molar-refractivity contribution in [3.63, 3.8) is 0 Å². The number of likely N-dealkylation sites (N-methyl/N-ethyl adjacent to an activating group) is 1. The van der Waals surface area contributed by atoms with E-state index in [9.17, 15) is 9.59 Å². The topological polar surface area (TPSA) is 89.0 Å². The molecular formula is C37H42N4O5. The molecule has 46 heavy (non-hydrogen) atoms. The zero-order chi connectivity index (χ0) is 32.0. The summed E-state index contributed by atoms with van der Waals surface area (Å²) in [6, 6.07) is 23.4. The fraction of sp³-hybridized carbons (Fsp3) is 0.351. The normalized spacial score (nSPS) is 18.0. The number of nitrogens with zero attached hydrogens (tertiary/aromatic N) is 3. The van der Waals surface area contributed by atoms with Gasteiger partial charge in [-0.2, -0.15) is 0 Å². The zero-order valence-electron chi connectivity index (χ0n) is 26.8. The maximum Gasteiger partial charge on any atom is 0.410 e. The Morgan fingerprint density at radius 3 is 2.41 bits per heavy atom. The number of aromatic amines is 1. The highest BCUT2D eigenvalue weighted by Crippen LogP contribution is 2.28. The van der Waals surface area contributed by atoms with E-state index in [4.69, 9.17) is 14.2 Å². The molecule has 0 radical (unpaired) electrons. The predicted molar refractivity (Wildman–Crippen MR) is 180 cm³/mol. The lowest BCUT2D eigenvalue weighted by Gasteiger charge is -2.23. The minimum atomic E-state index is -0.513. The Balaban J connectivity index is 0.000000178. The van der Waals surface area contributed by atoms with Crippen LogP contribution in [0.4, 0.5) is 4.79 Å². The molecule has 0 spiro atoms. The SMILES string of the molecule is COc1ccc2[nH]cc(C[C@@H]3CCCN3C)c2c1.COc1ccc2c(ccn2C(=O)[C@@H]2CCCN2C(=O)OCc2ccccc2)c1. The largest absolute Gasteiger partial charge is 0.497 e. The molecule has 0 unspecified atom stereocenters. The van der Waals surface area contributed by atoms with Crippen LogP contribution in [0.1, 0.15) is 41.6 Å². The van der Waals surface area contributed by atoms with Crippen molar-refractivity contribution in [3.05, 3.63) is 96.3 Å². The van der Waals surface area contributed by atoms with Gasteiger partial charge in [-0.25, -0.2) is 4.79 Å². The second-order valence-corrected chi connectivity index (χ2v) is 12.0. The van der Waals surface area contributed by atoms with Crippen molar-refractivity contribution in [2.75, 3.05) is 34.4 Å². The molecule has 9 nitrogen and oxygen atoms in total. The monoisotopic (exact) mass is 622 g/mol. The number of carbonyl (C=O) groups is 2. The highest BCUT2D eigenvalue weighted by atomic mass is 16.6. The number of carbonyl (C=O) groups excluding carboxylic acids is 2. The average molecular weight is 623 g/mol. The van der Waals surface area contributed by atoms with Gasteiger partial charge in [0.25, 0.3) is 5.91 Å². The van der Waals surface area contributed by atoms with Gasteiger partial charge in [0.05, 0.1) is 19.7 Å². The quantitative estimate of drug-likeness (QED) is 0.212. The molecule has 2 aromatic heterocycles. The van der Waals surface area contributed by atoms with E-state index in [0.717, 1.165) is 40.8 Å². The second kappa shape index (κ2) is 14.1. The second-order valence-electron chi connectivity index (χ2n) is 12.0. The first-order valence-electron chi connectivity index (χ1n) is 16.0. The summed E-state index contributed by atoms with van der Waals surface area (Å²) in [6.07, 6.45) is 8.63. The molecular weight excluding hydrogens is 580 g/mol. The zero-order valence-corrected chi connectivity index (χ0v) is 26.8. The number of nitrogens with one attached hydrogen (secondary N) is 1. The molecule has 4 heterocycles. The Morgan fingerprint density at radius 1 is 0.891 bits per heavy atom. The summed E-state index contributed by atoms with van der Waals surface area (Å²) in [4.78, 5) is 33.1. The number of hydrogen-bond acceptors (Lipinski definition) is 6. The molecule has 2 aliphatic heterocycles. The number of rotatable bonds is 7. The van der Waals surface area contributed by atoms with Crippen LogP contribution in [0.3, 0.4) is 0 Å². The van der Waals surface area contributed by atoms with E-state index in [1.54, 1.807) is 29.9 Å². The predicted octanol–water partition coefficient (Wildman–Crippen LogP) is 6.90. The fourth-order valence-electron chi connectivity index (χ4n) is 6.59. The van der Waals surface area contributed by atoms with Crippen molar-refractivity contribution in [2.45, 2.75) is 50.8 Å². The fourth-order valence-corrected chi connectivity index (χ4v) is 6.59. The lowest BCUT2D eigenvalue weighted by molar-refractivity contribution is 0.0679. The number of fused-ring (bicyclic) bond motifs is 2. The molecule has 2 saturated heterocycles. The minimum Gasteiger partial charge on any atom is -0.497 e. The first-order chi connectivity index (χ1) is 22.4. The third-order valence-corrected chi connectivity index (χ3v) is 9.21. The van der Waals surface area contributed by atoms with Crippen molar-refractivity contribution >= 4 is 33.8 Å². The number of likely N-dealkylation sites (tertiary alicyclic amines) is 2. The van der Waals surface area contributed by atoms with Crippen molar-refractivity contribution in [3.8, 4) is 11.5 Å². The molecule has 0 aliphatic carbocycles. The van der Waals surface area contributed by atoms with E-state index in [0.29, 0.717) is 19.0 Å². The van der Waals surface area contributed by atoms with Crippen LogP contribution in [0.2, 0.25) is 0 Å². The van der Waals surface area contributed by atoms with Gasteiger partial charge in [0.1, 0.15) is 24.1 Å². The highest BCUT2D eigenvalue weighted by molar-refractivity contribution is 5.97. The lowest BCUT2D eigenvalue weighted by atomic mass is 10.0. The summed E-state index contributed by atoms with van der Waals surface area (Å²) in [5.41, 5.74) is 4.33. The van der Waals surface area contributed by atoms with E-state index in [-0.39, 0.29) is 12.5 Å². The molecule has 1 N–H and O–H groups in total. The molecule has 9 heteroatoms. The number of methoxy groups -OCH3 is 2.